The number of fused-ring (bicyclic) bond motifs is 1. The summed E-state index contributed by atoms with van der Waals surface area (Å²) in [6, 6.07) is 6.36. The number of quaternary nitrogens is 1. The summed E-state index contributed by atoms with van der Waals surface area (Å²) in [5.74, 6) is 0. The molecule has 2 rings (SSSR count). The van der Waals surface area contributed by atoms with Crippen molar-refractivity contribution in [2.45, 2.75) is 39.0 Å². The number of unbranched alkanes of at least 4 members (excludes halogenated alkanes) is 1. The van der Waals surface area contributed by atoms with Crippen LogP contribution in [-0.4, -0.2) is 46.3 Å². The molecule has 1 unspecified atom stereocenters. The van der Waals surface area contributed by atoms with Crippen molar-refractivity contribution in [1.82, 2.24) is 5.32 Å². The van der Waals surface area contributed by atoms with Gasteiger partial charge < -0.3 is 20.9 Å². The van der Waals surface area contributed by atoms with Gasteiger partial charge in [0.1, 0.15) is 0 Å². The van der Waals surface area contributed by atoms with E-state index < -0.39 is 0 Å². The first-order chi connectivity index (χ1) is 11.2. The Kier molecular flexibility index (Phi) is 7.69. The van der Waals surface area contributed by atoms with Gasteiger partial charge in [-0.3, -0.25) is 0 Å². The Bertz CT molecular complexity index is 461. The van der Waals surface area contributed by atoms with E-state index in [4.69, 9.17) is 5.73 Å². The van der Waals surface area contributed by atoms with E-state index in [0.717, 1.165) is 31.9 Å². The van der Waals surface area contributed by atoms with Gasteiger partial charge in [0.05, 0.1) is 20.1 Å². The molecule has 0 spiro atoms. The minimum Gasteiger partial charge on any atom is -0.399 e. The molecule has 4 nitrogen and oxygen atoms in total. The largest absolute Gasteiger partial charge is 0.399 e. The van der Waals surface area contributed by atoms with Crippen LogP contribution in [0.5, 0.6) is 0 Å². The highest BCUT2D eigenvalue weighted by molar-refractivity contribution is 5.62. The molecule has 0 aliphatic carbocycles. The van der Waals surface area contributed by atoms with Gasteiger partial charge in [-0.2, -0.15) is 0 Å². The number of nitrogen functional groups attached to an aromatic ring is 1. The van der Waals surface area contributed by atoms with Crippen LogP contribution in [-0.2, 0) is 6.42 Å². The zero-order chi connectivity index (χ0) is 16.5. The lowest BCUT2D eigenvalue weighted by molar-refractivity contribution is -0.879. The monoisotopic (exact) mass is 319 g/mol. The van der Waals surface area contributed by atoms with E-state index in [1.807, 2.05) is 6.07 Å². The number of nitrogens with zero attached hydrogens (tertiary/aromatic N) is 1. The van der Waals surface area contributed by atoms with Crippen molar-refractivity contribution in [3.05, 3.63) is 23.8 Å². The lowest BCUT2D eigenvalue weighted by Crippen LogP contribution is -3.09. The Morgan fingerprint density at radius 2 is 2.04 bits per heavy atom. The topological polar surface area (TPSA) is 45.7 Å². The first-order valence-electron chi connectivity index (χ1n) is 9.36. The molecule has 4 heteroatoms. The number of hydrogen-bond donors (Lipinski definition) is 3. The molecular formula is C19H35N4+. The molecule has 0 fully saturated rings. The van der Waals surface area contributed by atoms with E-state index in [2.05, 4.69) is 36.3 Å². The second-order valence-corrected chi connectivity index (χ2v) is 6.89. The summed E-state index contributed by atoms with van der Waals surface area (Å²) in [5.41, 5.74) is 9.63. The minimum atomic E-state index is 0.877. The van der Waals surface area contributed by atoms with Gasteiger partial charge in [0.15, 0.2) is 0 Å². The Balaban J connectivity index is 1.63. The van der Waals surface area contributed by atoms with Gasteiger partial charge in [-0.15, -0.1) is 0 Å². The van der Waals surface area contributed by atoms with E-state index >= 15 is 0 Å². The molecule has 1 aromatic carbocycles. The van der Waals surface area contributed by atoms with Crippen molar-refractivity contribution in [2.75, 3.05) is 56.9 Å². The van der Waals surface area contributed by atoms with Crippen LogP contribution in [0.3, 0.4) is 0 Å². The summed E-state index contributed by atoms with van der Waals surface area (Å²) in [4.78, 5) is 4.15. The number of rotatable bonds is 10. The summed E-state index contributed by atoms with van der Waals surface area (Å²) in [5, 5.41) is 3.60. The van der Waals surface area contributed by atoms with Gasteiger partial charge in [-0.25, -0.2) is 0 Å². The molecule has 1 aliphatic rings. The minimum absolute atomic E-state index is 0.877. The van der Waals surface area contributed by atoms with Crippen molar-refractivity contribution < 1.29 is 4.90 Å². The molecule has 130 valence electrons. The van der Waals surface area contributed by atoms with E-state index in [0.29, 0.717) is 0 Å². The molecule has 1 heterocycles. The lowest BCUT2D eigenvalue weighted by atomic mass is 10.0. The van der Waals surface area contributed by atoms with E-state index in [-0.39, 0.29) is 0 Å². The van der Waals surface area contributed by atoms with Crippen LogP contribution in [0, 0.1) is 0 Å². The Hall–Kier alpha value is -1.26. The predicted molar refractivity (Wildman–Crippen MR) is 100 cm³/mol. The zero-order valence-electron chi connectivity index (χ0n) is 15.0. The fraction of sp³-hybridized carbons (Fsp3) is 0.684. The number of nitrogens with two attached hydrogens (primary N) is 1. The maximum atomic E-state index is 5.96. The first kappa shape index (κ1) is 18.1. The SMILES string of the molecule is CCCC[NH+](C)CCCNCCN1CCCc2ccc(N)cc21. The smallest absolute Gasteiger partial charge is 0.0781 e. The fourth-order valence-corrected chi connectivity index (χ4v) is 3.36. The Morgan fingerprint density at radius 3 is 2.87 bits per heavy atom. The molecule has 0 bridgehead atoms. The Labute approximate surface area is 142 Å². The quantitative estimate of drug-likeness (QED) is 0.450. The number of anilines is 2. The van der Waals surface area contributed by atoms with E-state index in [1.54, 1.807) is 4.90 Å². The standard InChI is InChI=1S/C19H34N4/c1-3-4-12-22(2)13-6-10-21-11-15-23-14-5-7-17-8-9-18(20)16-19(17)23/h8-9,16,21H,3-7,10-15,20H2,1-2H3/p+1. The van der Waals surface area contributed by atoms with E-state index in [1.165, 1.54) is 56.4 Å². The van der Waals surface area contributed by atoms with Crippen LogP contribution in [0.25, 0.3) is 0 Å². The molecule has 1 aromatic rings. The molecule has 0 amide bonds. The Morgan fingerprint density at radius 1 is 1.22 bits per heavy atom. The van der Waals surface area contributed by atoms with Crippen LogP contribution >= 0.6 is 0 Å². The van der Waals surface area contributed by atoms with Gasteiger partial charge in [-0.05, 0) is 37.0 Å². The van der Waals surface area contributed by atoms with Crippen molar-refractivity contribution in [2.24, 2.45) is 0 Å². The molecule has 4 N–H and O–H groups in total. The number of hydrogen-bond acceptors (Lipinski definition) is 3. The van der Waals surface area contributed by atoms with Crippen LogP contribution in [0.1, 0.15) is 38.2 Å². The van der Waals surface area contributed by atoms with Crippen LogP contribution in [0.4, 0.5) is 11.4 Å². The van der Waals surface area contributed by atoms with Crippen molar-refractivity contribution >= 4 is 11.4 Å². The normalized spacial score (nSPS) is 15.5. The zero-order valence-corrected chi connectivity index (χ0v) is 15.0. The van der Waals surface area contributed by atoms with Gasteiger partial charge >= 0.3 is 0 Å². The van der Waals surface area contributed by atoms with Gasteiger partial charge in [-0.1, -0.05) is 19.4 Å². The maximum Gasteiger partial charge on any atom is 0.0781 e. The number of aryl methyl sites for hydroxylation is 1. The molecular weight excluding hydrogens is 284 g/mol. The first-order valence-corrected chi connectivity index (χ1v) is 9.36. The highest BCUT2D eigenvalue weighted by Gasteiger charge is 2.16. The molecule has 1 atom stereocenters. The predicted octanol–water partition coefficient (Wildman–Crippen LogP) is 1.32. The van der Waals surface area contributed by atoms with Gasteiger partial charge in [0.2, 0.25) is 0 Å². The summed E-state index contributed by atoms with van der Waals surface area (Å²) in [7, 11) is 2.31. The third-order valence-electron chi connectivity index (χ3n) is 4.80. The molecule has 23 heavy (non-hydrogen) atoms. The number of benzene rings is 1. The van der Waals surface area contributed by atoms with Crippen LogP contribution in [0.2, 0.25) is 0 Å². The summed E-state index contributed by atoms with van der Waals surface area (Å²) in [6.45, 7) is 9.26. The third-order valence-corrected chi connectivity index (χ3v) is 4.80. The van der Waals surface area contributed by atoms with E-state index in [9.17, 15) is 0 Å². The second kappa shape index (κ2) is 9.78. The van der Waals surface area contributed by atoms with Crippen molar-refractivity contribution in [3.63, 3.8) is 0 Å². The fourth-order valence-electron chi connectivity index (χ4n) is 3.36. The highest BCUT2D eigenvalue weighted by atomic mass is 15.2. The maximum absolute atomic E-state index is 5.96. The van der Waals surface area contributed by atoms with Gasteiger partial charge in [0, 0.05) is 44.0 Å². The van der Waals surface area contributed by atoms with Crippen molar-refractivity contribution in [3.8, 4) is 0 Å². The summed E-state index contributed by atoms with van der Waals surface area (Å²) < 4.78 is 0. The van der Waals surface area contributed by atoms with Gasteiger partial charge in [0.25, 0.3) is 0 Å². The van der Waals surface area contributed by atoms with Crippen LogP contribution in [0.15, 0.2) is 18.2 Å². The summed E-state index contributed by atoms with van der Waals surface area (Å²) in [6.07, 6.45) is 6.35. The number of nitrogens with one attached hydrogen (secondary N) is 2. The van der Waals surface area contributed by atoms with Crippen molar-refractivity contribution in [1.29, 1.82) is 0 Å². The average Bonchev–Trinajstić information content (AvgIpc) is 2.56. The molecule has 0 aromatic heterocycles. The average molecular weight is 320 g/mol. The van der Waals surface area contributed by atoms with Crippen LogP contribution < -0.4 is 20.9 Å². The second-order valence-electron chi connectivity index (χ2n) is 6.89. The summed E-state index contributed by atoms with van der Waals surface area (Å²) >= 11 is 0. The molecule has 0 saturated carbocycles. The molecule has 0 saturated heterocycles. The third kappa shape index (κ3) is 6.04. The molecule has 1 aliphatic heterocycles. The lowest BCUT2D eigenvalue weighted by Gasteiger charge is -2.31. The highest BCUT2D eigenvalue weighted by Crippen LogP contribution is 2.28. The molecule has 0 radical (unpaired) electrons.